The maximum absolute atomic E-state index is 4.06. The number of pyridine rings is 1. The summed E-state index contributed by atoms with van der Waals surface area (Å²) in [7, 11) is 0. The van der Waals surface area contributed by atoms with E-state index < -0.39 is 0 Å². The first kappa shape index (κ1) is 9.34. The summed E-state index contributed by atoms with van der Waals surface area (Å²) in [4.78, 5) is 4.06. The second-order valence-corrected chi connectivity index (χ2v) is 4.28. The van der Waals surface area contributed by atoms with E-state index in [1.54, 1.807) is 0 Å². The van der Waals surface area contributed by atoms with E-state index in [-0.39, 0.29) is 0 Å². The Morgan fingerprint density at radius 1 is 1.06 bits per heavy atom. The van der Waals surface area contributed by atoms with Gasteiger partial charge in [0.1, 0.15) is 0 Å². The first-order chi connectivity index (χ1) is 7.84. The van der Waals surface area contributed by atoms with Crippen LogP contribution in [0.2, 0.25) is 0 Å². The number of hydrogen-bond donors (Lipinski definition) is 0. The van der Waals surface area contributed by atoms with Crippen molar-refractivity contribution >= 4 is 6.08 Å². The van der Waals surface area contributed by atoms with Gasteiger partial charge in [0.15, 0.2) is 0 Å². The Balaban J connectivity index is 2.20. The van der Waals surface area contributed by atoms with Gasteiger partial charge in [-0.1, -0.05) is 29.8 Å². The normalized spacial score (nSPS) is 13.4. The molecule has 0 atom stereocenters. The van der Waals surface area contributed by atoms with Gasteiger partial charge in [-0.05, 0) is 47.7 Å². The van der Waals surface area contributed by atoms with Gasteiger partial charge in [-0.3, -0.25) is 4.98 Å². The molecule has 1 aliphatic carbocycles. The van der Waals surface area contributed by atoms with Crippen LogP contribution in [0.5, 0.6) is 0 Å². The third-order valence-electron chi connectivity index (χ3n) is 3.05. The van der Waals surface area contributed by atoms with Crippen molar-refractivity contribution in [1.82, 2.24) is 4.98 Å². The minimum atomic E-state index is 1.09. The summed E-state index contributed by atoms with van der Waals surface area (Å²) in [6.45, 7) is 2.19. The molecular weight excluding hydrogens is 194 g/mol. The maximum atomic E-state index is 4.06. The standard InChI is InChI=1S/C15H13N/c1-11-9-13-3-2-4-14(15(13)10-11)12-5-7-16-8-6-12/h2-8,10H,9H2,1H3. The summed E-state index contributed by atoms with van der Waals surface area (Å²) in [5.41, 5.74) is 6.82. The second kappa shape index (κ2) is 3.60. The van der Waals surface area contributed by atoms with Gasteiger partial charge >= 0.3 is 0 Å². The lowest BCUT2D eigenvalue weighted by atomic mass is 9.98. The van der Waals surface area contributed by atoms with Crippen LogP contribution in [0.3, 0.4) is 0 Å². The van der Waals surface area contributed by atoms with Crippen LogP contribution >= 0.6 is 0 Å². The van der Waals surface area contributed by atoms with Gasteiger partial charge in [0.05, 0.1) is 0 Å². The Morgan fingerprint density at radius 2 is 1.88 bits per heavy atom. The highest BCUT2D eigenvalue weighted by Crippen LogP contribution is 2.33. The predicted molar refractivity (Wildman–Crippen MR) is 67.0 cm³/mol. The van der Waals surface area contributed by atoms with Gasteiger partial charge in [-0.15, -0.1) is 0 Å². The fraction of sp³-hybridized carbons (Fsp3) is 0.133. The van der Waals surface area contributed by atoms with Crippen molar-refractivity contribution in [2.24, 2.45) is 0 Å². The van der Waals surface area contributed by atoms with Gasteiger partial charge in [-0.2, -0.15) is 0 Å². The van der Waals surface area contributed by atoms with E-state index in [1.165, 1.54) is 27.8 Å². The molecule has 0 fully saturated rings. The number of hydrogen-bond acceptors (Lipinski definition) is 1. The van der Waals surface area contributed by atoms with Crippen molar-refractivity contribution in [2.45, 2.75) is 13.3 Å². The van der Waals surface area contributed by atoms with Gasteiger partial charge in [0.25, 0.3) is 0 Å². The number of aromatic nitrogens is 1. The lowest BCUT2D eigenvalue weighted by Crippen LogP contribution is -1.87. The van der Waals surface area contributed by atoms with Crippen LogP contribution in [0, 0.1) is 0 Å². The number of fused-ring (bicyclic) bond motifs is 1. The first-order valence-corrected chi connectivity index (χ1v) is 5.54. The Morgan fingerprint density at radius 3 is 2.69 bits per heavy atom. The Bertz CT molecular complexity index is 553. The molecule has 0 bridgehead atoms. The fourth-order valence-electron chi connectivity index (χ4n) is 2.32. The largest absolute Gasteiger partial charge is 0.265 e. The van der Waals surface area contributed by atoms with Crippen LogP contribution in [0.4, 0.5) is 0 Å². The SMILES string of the molecule is CC1=Cc2c(cccc2-c2ccncc2)C1. The van der Waals surface area contributed by atoms with E-state index in [1.807, 2.05) is 12.4 Å². The zero-order valence-electron chi connectivity index (χ0n) is 9.27. The summed E-state index contributed by atoms with van der Waals surface area (Å²) in [5.74, 6) is 0. The Hall–Kier alpha value is -1.89. The molecule has 0 saturated heterocycles. The minimum absolute atomic E-state index is 1.09. The third kappa shape index (κ3) is 1.45. The molecule has 3 rings (SSSR count). The molecule has 16 heavy (non-hydrogen) atoms. The maximum Gasteiger partial charge on any atom is 0.0273 e. The predicted octanol–water partition coefficient (Wildman–Crippen LogP) is 3.71. The van der Waals surface area contributed by atoms with E-state index in [0.717, 1.165) is 6.42 Å². The van der Waals surface area contributed by atoms with Gasteiger partial charge in [0, 0.05) is 12.4 Å². The molecule has 1 aliphatic rings. The van der Waals surface area contributed by atoms with E-state index in [4.69, 9.17) is 0 Å². The highest BCUT2D eigenvalue weighted by Gasteiger charge is 2.13. The van der Waals surface area contributed by atoms with Crippen molar-refractivity contribution in [2.75, 3.05) is 0 Å². The summed E-state index contributed by atoms with van der Waals surface area (Å²) in [6, 6.07) is 10.7. The van der Waals surface area contributed by atoms with Crippen LogP contribution in [0.1, 0.15) is 18.1 Å². The minimum Gasteiger partial charge on any atom is -0.265 e. The molecule has 0 radical (unpaired) electrons. The molecule has 0 saturated carbocycles. The Kier molecular flexibility index (Phi) is 2.10. The lowest BCUT2D eigenvalue weighted by molar-refractivity contribution is 1.20. The third-order valence-corrected chi connectivity index (χ3v) is 3.05. The highest BCUT2D eigenvalue weighted by molar-refractivity contribution is 5.80. The van der Waals surface area contributed by atoms with Crippen molar-refractivity contribution < 1.29 is 0 Å². The summed E-state index contributed by atoms with van der Waals surface area (Å²) in [5, 5.41) is 0. The van der Waals surface area contributed by atoms with Crippen LogP contribution in [0.25, 0.3) is 17.2 Å². The van der Waals surface area contributed by atoms with Crippen molar-refractivity contribution in [1.29, 1.82) is 0 Å². The van der Waals surface area contributed by atoms with E-state index in [9.17, 15) is 0 Å². The fourth-order valence-corrected chi connectivity index (χ4v) is 2.32. The topological polar surface area (TPSA) is 12.9 Å². The molecule has 78 valence electrons. The summed E-state index contributed by atoms with van der Waals surface area (Å²) >= 11 is 0. The average molecular weight is 207 g/mol. The first-order valence-electron chi connectivity index (χ1n) is 5.54. The molecule has 1 aromatic heterocycles. The zero-order chi connectivity index (χ0) is 11.0. The van der Waals surface area contributed by atoms with Crippen LogP contribution in [0.15, 0.2) is 48.3 Å². The molecule has 0 amide bonds. The van der Waals surface area contributed by atoms with Crippen molar-refractivity contribution in [3.05, 3.63) is 59.4 Å². The summed E-state index contributed by atoms with van der Waals surface area (Å²) in [6.07, 6.45) is 7.08. The molecule has 0 spiro atoms. The molecule has 0 N–H and O–H groups in total. The van der Waals surface area contributed by atoms with E-state index in [0.29, 0.717) is 0 Å². The average Bonchev–Trinajstić information content (AvgIpc) is 2.70. The van der Waals surface area contributed by atoms with Gasteiger partial charge < -0.3 is 0 Å². The molecular formula is C15H13N. The van der Waals surface area contributed by atoms with Crippen LogP contribution in [-0.4, -0.2) is 4.98 Å². The number of rotatable bonds is 1. The molecule has 1 aromatic carbocycles. The van der Waals surface area contributed by atoms with E-state index in [2.05, 4.69) is 48.3 Å². The van der Waals surface area contributed by atoms with Gasteiger partial charge in [-0.25, -0.2) is 0 Å². The Labute approximate surface area is 95.5 Å². The van der Waals surface area contributed by atoms with Crippen LogP contribution in [-0.2, 0) is 6.42 Å². The smallest absolute Gasteiger partial charge is 0.0273 e. The number of nitrogens with zero attached hydrogens (tertiary/aromatic N) is 1. The molecule has 1 heterocycles. The molecule has 1 heteroatoms. The lowest BCUT2D eigenvalue weighted by Gasteiger charge is -2.07. The van der Waals surface area contributed by atoms with Crippen molar-refractivity contribution in [3.63, 3.8) is 0 Å². The van der Waals surface area contributed by atoms with Crippen LogP contribution < -0.4 is 0 Å². The molecule has 2 aromatic rings. The number of benzene rings is 1. The number of allylic oxidation sites excluding steroid dienone is 1. The molecule has 1 nitrogen and oxygen atoms in total. The second-order valence-electron chi connectivity index (χ2n) is 4.28. The monoisotopic (exact) mass is 207 g/mol. The molecule has 0 unspecified atom stereocenters. The van der Waals surface area contributed by atoms with Gasteiger partial charge in [0.2, 0.25) is 0 Å². The molecule has 0 aliphatic heterocycles. The summed E-state index contributed by atoms with van der Waals surface area (Å²) < 4.78 is 0. The van der Waals surface area contributed by atoms with Crippen molar-refractivity contribution in [3.8, 4) is 11.1 Å². The quantitative estimate of drug-likeness (QED) is 0.694. The van der Waals surface area contributed by atoms with E-state index >= 15 is 0 Å². The highest BCUT2D eigenvalue weighted by atomic mass is 14.6. The zero-order valence-corrected chi connectivity index (χ0v) is 9.27.